The molecule has 0 atom stereocenters. The number of carbonyl (C=O) groups is 2. The summed E-state index contributed by atoms with van der Waals surface area (Å²) in [7, 11) is 0. The first kappa shape index (κ1) is 30.8. The molecule has 0 bridgehead atoms. The van der Waals surface area contributed by atoms with Crippen LogP contribution in [0.1, 0.15) is 97.1 Å². The van der Waals surface area contributed by atoms with Crippen molar-refractivity contribution >= 4 is 57.9 Å². The van der Waals surface area contributed by atoms with E-state index >= 15 is 0 Å². The highest BCUT2D eigenvalue weighted by Gasteiger charge is 2.17. The molecule has 0 aliphatic heterocycles. The second kappa shape index (κ2) is 15.2. The number of thiophene rings is 4. The van der Waals surface area contributed by atoms with E-state index in [0.717, 1.165) is 29.4 Å². The molecule has 42 heavy (non-hydrogen) atoms. The number of rotatable bonds is 16. The lowest BCUT2D eigenvalue weighted by molar-refractivity contribution is 0.112. The smallest absolute Gasteiger partial charge is 0.150 e. The summed E-state index contributed by atoms with van der Waals surface area (Å²) in [4.78, 5) is 32.2. The molecule has 1 aromatic carbocycles. The van der Waals surface area contributed by atoms with Gasteiger partial charge in [0.2, 0.25) is 0 Å². The zero-order valence-corrected chi connectivity index (χ0v) is 27.7. The van der Waals surface area contributed by atoms with Gasteiger partial charge >= 0.3 is 0 Å². The minimum absolute atomic E-state index is 0.538. The molecule has 5 aromatic rings. The van der Waals surface area contributed by atoms with Gasteiger partial charge in [-0.15, -0.1) is 45.3 Å². The summed E-state index contributed by atoms with van der Waals surface area (Å²) in [6, 6.07) is 19.2. The largest absolute Gasteiger partial charge is 0.298 e. The van der Waals surface area contributed by atoms with E-state index < -0.39 is 0 Å². The molecule has 0 N–H and O–H groups in total. The van der Waals surface area contributed by atoms with Crippen molar-refractivity contribution in [2.24, 2.45) is 0 Å². The van der Waals surface area contributed by atoms with Crippen LogP contribution < -0.4 is 0 Å². The third-order valence-electron chi connectivity index (χ3n) is 7.59. The molecule has 0 aliphatic rings. The average Bonchev–Trinajstić information content (AvgIpc) is 3.83. The molecule has 0 fully saturated rings. The van der Waals surface area contributed by atoms with Crippen molar-refractivity contribution in [1.29, 1.82) is 0 Å². The Labute approximate surface area is 266 Å². The predicted molar refractivity (Wildman–Crippen MR) is 186 cm³/mol. The summed E-state index contributed by atoms with van der Waals surface area (Å²) < 4.78 is 0. The van der Waals surface area contributed by atoms with Crippen LogP contribution in [0, 0.1) is 0 Å². The highest BCUT2D eigenvalue weighted by molar-refractivity contribution is 7.28. The van der Waals surface area contributed by atoms with Crippen molar-refractivity contribution in [2.45, 2.75) is 78.1 Å². The van der Waals surface area contributed by atoms with Crippen molar-refractivity contribution in [1.82, 2.24) is 0 Å². The van der Waals surface area contributed by atoms with Gasteiger partial charge in [-0.05, 0) is 102 Å². The van der Waals surface area contributed by atoms with Crippen LogP contribution in [0.15, 0.2) is 60.0 Å². The maximum atomic E-state index is 11.5. The normalized spacial score (nSPS) is 11.3. The Kier molecular flexibility index (Phi) is 11.1. The lowest BCUT2D eigenvalue weighted by Crippen LogP contribution is -1.87. The van der Waals surface area contributed by atoms with Gasteiger partial charge < -0.3 is 0 Å². The van der Waals surface area contributed by atoms with E-state index in [1.807, 2.05) is 46.1 Å². The van der Waals surface area contributed by atoms with Crippen LogP contribution >= 0.6 is 45.3 Å². The second-order valence-corrected chi connectivity index (χ2v) is 14.9. The third-order valence-corrected chi connectivity index (χ3v) is 12.5. The quantitative estimate of drug-likeness (QED) is 0.0803. The van der Waals surface area contributed by atoms with E-state index in [9.17, 15) is 9.59 Å². The van der Waals surface area contributed by atoms with Gasteiger partial charge in [0.25, 0.3) is 0 Å². The molecular formula is C36H38O2S4. The third kappa shape index (κ3) is 7.46. The Morgan fingerprint density at radius 3 is 1.71 bits per heavy atom. The first-order valence-corrected chi connectivity index (χ1v) is 18.4. The summed E-state index contributed by atoms with van der Waals surface area (Å²) in [5.41, 5.74) is 4.87. The van der Waals surface area contributed by atoms with Crippen LogP contribution in [-0.4, -0.2) is 12.6 Å². The molecule has 0 amide bonds. The molecule has 2 nitrogen and oxygen atoms in total. The van der Waals surface area contributed by atoms with Gasteiger partial charge in [-0.1, -0.05) is 52.4 Å². The monoisotopic (exact) mass is 630 g/mol. The number of aldehydes is 2. The number of carbonyl (C=O) groups excluding carboxylic acids is 2. The zero-order valence-electron chi connectivity index (χ0n) is 24.4. The Bertz CT molecular complexity index is 1590. The molecule has 0 unspecified atom stereocenters. The SMILES string of the molecule is CCCCCCc1ccsc1-c1ccc(-c2ccc(-c3sc(-c4cc(C=O)cc(C=O)c4)cc3CCCCCC)s2)s1. The number of aryl methyl sites for hydroxylation is 2. The van der Waals surface area contributed by atoms with E-state index in [1.54, 1.807) is 17.4 Å². The summed E-state index contributed by atoms with van der Waals surface area (Å²) >= 11 is 7.41. The Hall–Kier alpha value is -2.64. The van der Waals surface area contributed by atoms with E-state index in [2.05, 4.69) is 55.6 Å². The first-order valence-electron chi connectivity index (χ1n) is 15.1. The summed E-state index contributed by atoms with van der Waals surface area (Å²) in [5, 5.41) is 2.24. The molecule has 0 saturated carbocycles. The zero-order chi connectivity index (χ0) is 29.3. The number of unbranched alkanes of at least 4 members (excludes halogenated alkanes) is 6. The minimum Gasteiger partial charge on any atom is -0.298 e. The highest BCUT2D eigenvalue weighted by atomic mass is 32.1. The first-order chi connectivity index (χ1) is 20.6. The Balaban J connectivity index is 1.41. The fourth-order valence-corrected chi connectivity index (χ4v) is 9.90. The average molecular weight is 631 g/mol. The van der Waals surface area contributed by atoms with Gasteiger partial charge in [-0.3, -0.25) is 9.59 Å². The molecule has 0 spiro atoms. The molecule has 0 saturated heterocycles. The molecule has 4 aromatic heterocycles. The van der Waals surface area contributed by atoms with Crippen LogP contribution in [0.4, 0.5) is 0 Å². The van der Waals surface area contributed by atoms with Crippen LogP contribution in [0.2, 0.25) is 0 Å². The molecule has 6 heteroatoms. The Morgan fingerprint density at radius 1 is 0.548 bits per heavy atom. The van der Waals surface area contributed by atoms with Crippen LogP contribution in [0.3, 0.4) is 0 Å². The minimum atomic E-state index is 0.538. The van der Waals surface area contributed by atoms with Gasteiger partial charge in [-0.2, -0.15) is 0 Å². The highest BCUT2D eigenvalue weighted by Crippen LogP contribution is 2.46. The topological polar surface area (TPSA) is 34.1 Å². The Morgan fingerprint density at radius 2 is 1.12 bits per heavy atom. The maximum Gasteiger partial charge on any atom is 0.150 e. The van der Waals surface area contributed by atoms with Gasteiger partial charge in [0, 0.05) is 45.3 Å². The molecule has 0 radical (unpaired) electrons. The van der Waals surface area contributed by atoms with Crippen molar-refractivity contribution in [3.8, 4) is 39.7 Å². The van der Waals surface area contributed by atoms with E-state index in [4.69, 9.17) is 0 Å². The number of hydrogen-bond donors (Lipinski definition) is 0. The number of hydrogen-bond acceptors (Lipinski definition) is 6. The summed E-state index contributed by atoms with van der Waals surface area (Å²) in [6.45, 7) is 4.51. The summed E-state index contributed by atoms with van der Waals surface area (Å²) in [6.07, 6.45) is 13.9. The molecule has 218 valence electrons. The van der Waals surface area contributed by atoms with Crippen LogP contribution in [-0.2, 0) is 12.8 Å². The van der Waals surface area contributed by atoms with Gasteiger partial charge in [0.05, 0.1) is 0 Å². The van der Waals surface area contributed by atoms with Crippen molar-refractivity contribution in [3.05, 3.63) is 82.2 Å². The lowest BCUT2D eigenvalue weighted by Gasteiger charge is -2.02. The van der Waals surface area contributed by atoms with Crippen LogP contribution in [0.5, 0.6) is 0 Å². The predicted octanol–water partition coefficient (Wildman–Crippen LogP) is 12.5. The van der Waals surface area contributed by atoms with Crippen LogP contribution in [0.25, 0.3) is 39.7 Å². The second-order valence-electron chi connectivity index (χ2n) is 10.8. The molecule has 4 heterocycles. The fourth-order valence-electron chi connectivity index (χ4n) is 5.34. The van der Waals surface area contributed by atoms with Gasteiger partial charge in [-0.25, -0.2) is 0 Å². The maximum absolute atomic E-state index is 11.5. The van der Waals surface area contributed by atoms with E-state index in [1.165, 1.54) is 98.2 Å². The number of benzene rings is 1. The molecular weight excluding hydrogens is 593 g/mol. The lowest BCUT2D eigenvalue weighted by atomic mass is 10.0. The summed E-state index contributed by atoms with van der Waals surface area (Å²) in [5.74, 6) is 0. The van der Waals surface area contributed by atoms with E-state index in [0.29, 0.717) is 11.1 Å². The van der Waals surface area contributed by atoms with Gasteiger partial charge in [0.1, 0.15) is 12.6 Å². The van der Waals surface area contributed by atoms with Crippen molar-refractivity contribution in [2.75, 3.05) is 0 Å². The molecule has 5 rings (SSSR count). The van der Waals surface area contributed by atoms with Crippen molar-refractivity contribution in [3.63, 3.8) is 0 Å². The standard InChI is InChI=1S/C36H38O2S4/c1-3-5-7-9-11-27-17-18-39-35(27)32-15-13-30(40-32)31-14-16-33(41-31)36-28(12-10-8-6-4-2)22-34(42-36)29-20-25(23-37)19-26(21-29)24-38/h13-24H,3-12H2,1-2H3. The van der Waals surface area contributed by atoms with E-state index in [-0.39, 0.29) is 0 Å². The van der Waals surface area contributed by atoms with Crippen molar-refractivity contribution < 1.29 is 9.59 Å². The van der Waals surface area contributed by atoms with Gasteiger partial charge in [0.15, 0.2) is 0 Å². The fraction of sp³-hybridized carbons (Fsp3) is 0.333. The molecule has 0 aliphatic carbocycles.